The van der Waals surface area contributed by atoms with E-state index in [1.54, 1.807) is 6.26 Å². The van der Waals surface area contributed by atoms with E-state index in [1.807, 2.05) is 0 Å². The number of ether oxygens (including phenoxy) is 1. The number of rotatable bonds is 6. The Morgan fingerprint density at radius 2 is 1.94 bits per heavy atom. The highest BCUT2D eigenvalue weighted by Crippen LogP contribution is 2.05. The monoisotopic (exact) mass is 260 g/mol. The van der Waals surface area contributed by atoms with Crippen LogP contribution in [-0.2, 0) is 9.53 Å². The van der Waals surface area contributed by atoms with Crippen molar-refractivity contribution in [1.29, 1.82) is 0 Å². The molecule has 5 heteroatoms. The summed E-state index contributed by atoms with van der Waals surface area (Å²) in [6.45, 7) is 10.8. The SMILES string of the molecule is CSC(=O)COCCN1CCN(C(C)C)CC1. The topological polar surface area (TPSA) is 32.8 Å². The number of piperazine rings is 1. The summed E-state index contributed by atoms with van der Waals surface area (Å²) in [5.74, 6) is 0. The lowest BCUT2D eigenvalue weighted by molar-refractivity contribution is -0.115. The molecule has 0 amide bonds. The van der Waals surface area contributed by atoms with Crippen molar-refractivity contribution in [3.63, 3.8) is 0 Å². The van der Waals surface area contributed by atoms with Crippen LogP contribution in [-0.4, -0.2) is 73.2 Å². The molecule has 0 aromatic heterocycles. The van der Waals surface area contributed by atoms with Crippen LogP contribution in [0, 0.1) is 0 Å². The average Bonchev–Trinajstić information content (AvgIpc) is 2.34. The molecule has 0 aromatic carbocycles. The first kappa shape index (κ1) is 15.0. The molecule has 0 unspecified atom stereocenters. The zero-order chi connectivity index (χ0) is 12.7. The highest BCUT2D eigenvalue weighted by atomic mass is 32.2. The summed E-state index contributed by atoms with van der Waals surface area (Å²) >= 11 is 1.23. The number of thioether (sulfide) groups is 1. The second-order valence-corrected chi connectivity index (χ2v) is 5.46. The zero-order valence-corrected chi connectivity index (χ0v) is 12.0. The van der Waals surface area contributed by atoms with Crippen molar-refractivity contribution in [2.75, 3.05) is 52.2 Å². The molecule has 1 aliphatic heterocycles. The minimum Gasteiger partial charge on any atom is -0.371 e. The standard InChI is InChI=1S/C12H24N2O2S/c1-11(2)14-6-4-13(5-7-14)8-9-16-10-12(15)17-3/h11H,4-10H2,1-3H3. The summed E-state index contributed by atoms with van der Waals surface area (Å²) in [7, 11) is 0. The van der Waals surface area contributed by atoms with Gasteiger partial charge in [-0.2, -0.15) is 0 Å². The summed E-state index contributed by atoms with van der Waals surface area (Å²) in [5.41, 5.74) is 0. The number of carbonyl (C=O) groups is 1. The third-order valence-corrected chi connectivity index (χ3v) is 3.71. The minimum absolute atomic E-state index is 0.106. The van der Waals surface area contributed by atoms with Crippen LogP contribution in [0.15, 0.2) is 0 Å². The Kier molecular flexibility index (Phi) is 7.11. The fourth-order valence-corrected chi connectivity index (χ4v) is 2.11. The van der Waals surface area contributed by atoms with Crippen LogP contribution in [0.1, 0.15) is 13.8 Å². The van der Waals surface area contributed by atoms with Crippen molar-refractivity contribution in [3.8, 4) is 0 Å². The first-order valence-corrected chi connectivity index (χ1v) is 7.47. The highest BCUT2D eigenvalue weighted by molar-refractivity contribution is 8.13. The predicted molar refractivity (Wildman–Crippen MR) is 72.5 cm³/mol. The lowest BCUT2D eigenvalue weighted by Gasteiger charge is -2.36. The molecule has 0 saturated carbocycles. The van der Waals surface area contributed by atoms with Gasteiger partial charge in [-0.25, -0.2) is 0 Å². The quantitative estimate of drug-likeness (QED) is 0.663. The van der Waals surface area contributed by atoms with Crippen LogP contribution in [0.2, 0.25) is 0 Å². The fourth-order valence-electron chi connectivity index (χ4n) is 1.91. The third kappa shape index (κ3) is 5.86. The van der Waals surface area contributed by atoms with E-state index in [2.05, 4.69) is 23.6 Å². The molecule has 0 N–H and O–H groups in total. The van der Waals surface area contributed by atoms with Crippen LogP contribution < -0.4 is 0 Å². The van der Waals surface area contributed by atoms with E-state index in [4.69, 9.17) is 4.74 Å². The van der Waals surface area contributed by atoms with Gasteiger partial charge in [0.25, 0.3) is 0 Å². The lowest BCUT2D eigenvalue weighted by Crippen LogP contribution is -2.49. The Hall–Kier alpha value is -0.100. The Bertz CT molecular complexity index is 229. The van der Waals surface area contributed by atoms with E-state index in [0.717, 1.165) is 32.7 Å². The van der Waals surface area contributed by atoms with Crippen molar-refractivity contribution in [3.05, 3.63) is 0 Å². The van der Waals surface area contributed by atoms with Crippen LogP contribution in [0.4, 0.5) is 0 Å². The molecule has 17 heavy (non-hydrogen) atoms. The largest absolute Gasteiger partial charge is 0.371 e. The Morgan fingerprint density at radius 3 is 2.47 bits per heavy atom. The average molecular weight is 260 g/mol. The van der Waals surface area contributed by atoms with Gasteiger partial charge in [0, 0.05) is 38.8 Å². The summed E-state index contributed by atoms with van der Waals surface area (Å²) in [4.78, 5) is 15.9. The van der Waals surface area contributed by atoms with E-state index in [9.17, 15) is 4.79 Å². The van der Waals surface area contributed by atoms with Crippen molar-refractivity contribution in [2.45, 2.75) is 19.9 Å². The second kappa shape index (κ2) is 8.08. The van der Waals surface area contributed by atoms with Gasteiger partial charge in [-0.3, -0.25) is 14.6 Å². The van der Waals surface area contributed by atoms with Gasteiger partial charge in [0.2, 0.25) is 5.12 Å². The second-order valence-electron chi connectivity index (χ2n) is 4.60. The molecule has 1 fully saturated rings. The normalized spacial score (nSPS) is 18.8. The summed E-state index contributed by atoms with van der Waals surface area (Å²) in [6, 6.07) is 0.646. The van der Waals surface area contributed by atoms with Crippen LogP contribution in [0.5, 0.6) is 0 Å². The predicted octanol–water partition coefficient (Wildman–Crippen LogP) is 0.919. The number of nitrogens with zero attached hydrogens (tertiary/aromatic N) is 2. The van der Waals surface area contributed by atoms with Gasteiger partial charge in [-0.05, 0) is 20.1 Å². The maximum absolute atomic E-state index is 11.0. The summed E-state index contributed by atoms with van der Waals surface area (Å²) in [6.07, 6.45) is 1.79. The Balaban J connectivity index is 2.04. The maximum Gasteiger partial charge on any atom is 0.214 e. The molecular weight excluding hydrogens is 236 g/mol. The van der Waals surface area contributed by atoms with Gasteiger partial charge in [-0.15, -0.1) is 0 Å². The van der Waals surface area contributed by atoms with Crippen molar-refractivity contribution in [2.24, 2.45) is 0 Å². The lowest BCUT2D eigenvalue weighted by atomic mass is 10.2. The molecule has 1 rings (SSSR count). The maximum atomic E-state index is 11.0. The van der Waals surface area contributed by atoms with E-state index in [1.165, 1.54) is 11.8 Å². The molecule has 0 bridgehead atoms. The summed E-state index contributed by atoms with van der Waals surface area (Å²) < 4.78 is 5.34. The van der Waals surface area contributed by atoms with Gasteiger partial charge < -0.3 is 4.74 Å². The molecule has 0 aromatic rings. The zero-order valence-electron chi connectivity index (χ0n) is 11.1. The van der Waals surface area contributed by atoms with E-state index in [0.29, 0.717) is 12.6 Å². The van der Waals surface area contributed by atoms with Crippen LogP contribution in [0.25, 0.3) is 0 Å². The molecule has 1 heterocycles. The van der Waals surface area contributed by atoms with Crippen LogP contribution in [0.3, 0.4) is 0 Å². The Morgan fingerprint density at radius 1 is 1.29 bits per heavy atom. The Labute approximate surface area is 109 Å². The number of hydrogen-bond acceptors (Lipinski definition) is 5. The van der Waals surface area contributed by atoms with E-state index >= 15 is 0 Å². The van der Waals surface area contributed by atoms with Gasteiger partial charge >= 0.3 is 0 Å². The molecule has 100 valence electrons. The third-order valence-electron chi connectivity index (χ3n) is 3.14. The molecule has 1 saturated heterocycles. The van der Waals surface area contributed by atoms with E-state index in [-0.39, 0.29) is 11.7 Å². The smallest absolute Gasteiger partial charge is 0.214 e. The first-order chi connectivity index (χ1) is 8.13. The summed E-state index contributed by atoms with van der Waals surface area (Å²) in [5, 5.41) is 0.106. The fraction of sp³-hybridized carbons (Fsp3) is 0.917. The van der Waals surface area contributed by atoms with E-state index < -0.39 is 0 Å². The molecule has 4 nitrogen and oxygen atoms in total. The number of hydrogen-bond donors (Lipinski definition) is 0. The van der Waals surface area contributed by atoms with Gasteiger partial charge in [0.15, 0.2) is 0 Å². The minimum atomic E-state index is 0.106. The van der Waals surface area contributed by atoms with Gasteiger partial charge in [0.1, 0.15) is 6.61 Å². The molecule has 0 atom stereocenters. The first-order valence-electron chi connectivity index (χ1n) is 6.24. The van der Waals surface area contributed by atoms with Crippen molar-refractivity contribution in [1.82, 2.24) is 9.80 Å². The van der Waals surface area contributed by atoms with Gasteiger partial charge in [-0.1, -0.05) is 11.8 Å². The molecule has 0 spiro atoms. The molecule has 1 aliphatic rings. The molecule has 0 radical (unpaired) electrons. The molecule has 0 aliphatic carbocycles. The van der Waals surface area contributed by atoms with Gasteiger partial charge in [0.05, 0.1) is 6.61 Å². The molecular formula is C12H24N2O2S. The number of carbonyl (C=O) groups excluding carboxylic acids is 1. The highest BCUT2D eigenvalue weighted by Gasteiger charge is 2.18. The van der Waals surface area contributed by atoms with Crippen LogP contribution >= 0.6 is 11.8 Å². The van der Waals surface area contributed by atoms with Crippen molar-refractivity contribution >= 4 is 16.9 Å². The van der Waals surface area contributed by atoms with Crippen molar-refractivity contribution < 1.29 is 9.53 Å².